The van der Waals surface area contributed by atoms with Crippen LogP contribution in [0.2, 0.25) is 0 Å². The minimum Gasteiger partial charge on any atom is -0.279 e. The maximum Gasteiger partial charge on any atom is 0.402 e. The normalized spacial score (nSPS) is 18.2. The second-order valence-corrected chi connectivity index (χ2v) is 5.61. The second kappa shape index (κ2) is 5.51. The highest BCUT2D eigenvalue weighted by molar-refractivity contribution is 5.97. The predicted molar refractivity (Wildman–Crippen MR) is 64.2 cm³/mol. The molecule has 1 rings (SSSR count). The third kappa shape index (κ3) is 3.28. The molecule has 0 bridgehead atoms. The van der Waals surface area contributed by atoms with Gasteiger partial charge in [0.2, 0.25) is 11.8 Å². The van der Waals surface area contributed by atoms with E-state index in [9.17, 15) is 22.8 Å². The fraction of sp³-hybridized carbons (Fsp3) is 0.846. The Labute approximate surface area is 111 Å². The Hall–Kier alpha value is -1.07. The minimum absolute atomic E-state index is 0.389. The maximum absolute atomic E-state index is 12.9. The van der Waals surface area contributed by atoms with E-state index in [4.69, 9.17) is 0 Å². The van der Waals surface area contributed by atoms with E-state index in [1.54, 1.807) is 0 Å². The van der Waals surface area contributed by atoms with Gasteiger partial charge in [0, 0.05) is 13.0 Å². The van der Waals surface area contributed by atoms with Crippen molar-refractivity contribution < 1.29 is 22.8 Å². The zero-order chi connectivity index (χ0) is 14.8. The summed E-state index contributed by atoms with van der Waals surface area (Å²) in [4.78, 5) is 24.6. The number of hydrogen-bond donors (Lipinski definition) is 0. The van der Waals surface area contributed by atoms with Crippen molar-refractivity contribution in [2.75, 3.05) is 0 Å². The van der Waals surface area contributed by atoms with Gasteiger partial charge in [0.1, 0.15) is 5.41 Å². The lowest BCUT2D eigenvalue weighted by atomic mass is 9.87. The molecule has 110 valence electrons. The highest BCUT2D eigenvalue weighted by Gasteiger charge is 2.55. The molecule has 2 amide bonds. The van der Waals surface area contributed by atoms with Crippen LogP contribution in [0.3, 0.4) is 0 Å². The van der Waals surface area contributed by atoms with Crippen molar-refractivity contribution in [3.63, 3.8) is 0 Å². The summed E-state index contributed by atoms with van der Waals surface area (Å²) in [5, 5.41) is 0. The number of alkyl halides is 3. The third-order valence-corrected chi connectivity index (χ3v) is 3.74. The fourth-order valence-electron chi connectivity index (χ4n) is 2.33. The van der Waals surface area contributed by atoms with E-state index in [-0.39, 0.29) is 6.04 Å². The fourth-order valence-corrected chi connectivity index (χ4v) is 2.33. The number of carbonyl (C=O) groups excluding carboxylic acids is 2. The number of halogens is 3. The number of rotatable bonds is 2. The number of nitrogens with zero attached hydrogens (tertiary/aromatic N) is 1. The van der Waals surface area contributed by atoms with E-state index in [1.165, 1.54) is 0 Å². The van der Waals surface area contributed by atoms with Crippen molar-refractivity contribution in [2.45, 2.75) is 65.1 Å². The predicted octanol–water partition coefficient (Wildman–Crippen LogP) is 3.28. The molecular weight excluding hydrogens is 259 g/mol. The third-order valence-electron chi connectivity index (χ3n) is 3.74. The van der Waals surface area contributed by atoms with E-state index >= 15 is 0 Å². The van der Waals surface area contributed by atoms with E-state index in [1.807, 2.05) is 0 Å². The van der Waals surface area contributed by atoms with Gasteiger partial charge in [-0.05, 0) is 26.7 Å². The molecule has 0 aliphatic heterocycles. The molecular formula is C13H20F3NO2. The molecule has 0 aromatic carbocycles. The first-order valence-corrected chi connectivity index (χ1v) is 6.50. The summed E-state index contributed by atoms with van der Waals surface area (Å²) >= 11 is 0. The van der Waals surface area contributed by atoms with E-state index in [2.05, 4.69) is 0 Å². The van der Waals surface area contributed by atoms with Crippen LogP contribution in [0.1, 0.15) is 52.9 Å². The van der Waals surface area contributed by atoms with Gasteiger partial charge in [0.15, 0.2) is 0 Å². The first kappa shape index (κ1) is 16.0. The van der Waals surface area contributed by atoms with Crippen molar-refractivity contribution >= 4 is 11.8 Å². The molecule has 0 radical (unpaired) electrons. The molecule has 1 aliphatic carbocycles. The first-order valence-electron chi connectivity index (χ1n) is 6.50. The van der Waals surface area contributed by atoms with Gasteiger partial charge >= 0.3 is 6.18 Å². The van der Waals surface area contributed by atoms with Crippen molar-refractivity contribution in [3.8, 4) is 0 Å². The van der Waals surface area contributed by atoms with Gasteiger partial charge in [0.05, 0.1) is 0 Å². The van der Waals surface area contributed by atoms with Gasteiger partial charge in [-0.2, -0.15) is 13.2 Å². The first-order chi connectivity index (χ1) is 8.59. The maximum atomic E-state index is 12.9. The average Bonchev–Trinajstić information content (AvgIpc) is 2.28. The molecule has 0 unspecified atom stereocenters. The molecule has 0 heterocycles. The monoisotopic (exact) mass is 279 g/mol. The van der Waals surface area contributed by atoms with Crippen LogP contribution in [0.5, 0.6) is 0 Å². The summed E-state index contributed by atoms with van der Waals surface area (Å²) < 4.78 is 38.7. The lowest BCUT2D eigenvalue weighted by Crippen LogP contribution is -2.54. The summed E-state index contributed by atoms with van der Waals surface area (Å²) in [5.41, 5.74) is -2.53. The lowest BCUT2D eigenvalue weighted by Gasteiger charge is -2.37. The zero-order valence-corrected chi connectivity index (χ0v) is 11.5. The molecule has 3 nitrogen and oxygen atoms in total. The van der Waals surface area contributed by atoms with Gasteiger partial charge < -0.3 is 0 Å². The van der Waals surface area contributed by atoms with Crippen LogP contribution in [0.15, 0.2) is 0 Å². The van der Waals surface area contributed by atoms with Crippen LogP contribution in [-0.2, 0) is 9.59 Å². The van der Waals surface area contributed by atoms with Gasteiger partial charge in [-0.3, -0.25) is 14.5 Å². The molecule has 1 saturated carbocycles. The SMILES string of the molecule is CC(=O)N(C(=O)C(C)(C)C(F)(F)F)C1CCCCC1. The van der Waals surface area contributed by atoms with Gasteiger partial charge in [0.25, 0.3) is 0 Å². The van der Waals surface area contributed by atoms with E-state index in [0.29, 0.717) is 12.8 Å². The quantitative estimate of drug-likeness (QED) is 0.778. The van der Waals surface area contributed by atoms with Crippen LogP contribution < -0.4 is 0 Å². The Morgan fingerprint density at radius 1 is 1.05 bits per heavy atom. The second-order valence-electron chi connectivity index (χ2n) is 5.61. The molecule has 0 aromatic rings. The van der Waals surface area contributed by atoms with Gasteiger partial charge in [-0.1, -0.05) is 19.3 Å². The summed E-state index contributed by atoms with van der Waals surface area (Å²) in [7, 11) is 0. The average molecular weight is 279 g/mol. The molecule has 19 heavy (non-hydrogen) atoms. The van der Waals surface area contributed by atoms with E-state index in [0.717, 1.165) is 44.9 Å². The summed E-state index contributed by atoms with van der Waals surface area (Å²) in [5.74, 6) is -1.74. The minimum atomic E-state index is -4.66. The van der Waals surface area contributed by atoms with Crippen molar-refractivity contribution in [1.29, 1.82) is 0 Å². The Bertz CT molecular complexity index is 357. The molecule has 6 heteroatoms. The largest absolute Gasteiger partial charge is 0.402 e. The molecule has 0 saturated heterocycles. The Morgan fingerprint density at radius 3 is 1.89 bits per heavy atom. The highest BCUT2D eigenvalue weighted by Crippen LogP contribution is 2.40. The molecule has 0 atom stereocenters. The summed E-state index contributed by atoms with van der Waals surface area (Å²) in [6, 6.07) is -0.389. The molecule has 0 spiro atoms. The van der Waals surface area contributed by atoms with Crippen LogP contribution in [0.25, 0.3) is 0 Å². The highest BCUT2D eigenvalue weighted by atomic mass is 19.4. The Kier molecular flexibility index (Phi) is 4.63. The summed E-state index contributed by atoms with van der Waals surface area (Å²) in [6.45, 7) is 2.81. The lowest BCUT2D eigenvalue weighted by molar-refractivity contribution is -0.218. The number of amides is 2. The molecule has 0 N–H and O–H groups in total. The van der Waals surface area contributed by atoms with Crippen LogP contribution >= 0.6 is 0 Å². The number of carbonyl (C=O) groups is 2. The Morgan fingerprint density at radius 2 is 1.53 bits per heavy atom. The number of imide groups is 1. The van der Waals surface area contributed by atoms with Crippen LogP contribution in [0, 0.1) is 5.41 Å². The van der Waals surface area contributed by atoms with E-state index < -0.39 is 23.4 Å². The summed E-state index contributed by atoms with van der Waals surface area (Å²) in [6.07, 6.45) is -0.785. The van der Waals surface area contributed by atoms with Gasteiger partial charge in [-0.15, -0.1) is 0 Å². The molecule has 0 aromatic heterocycles. The smallest absolute Gasteiger partial charge is 0.279 e. The topological polar surface area (TPSA) is 37.4 Å². The standard InChI is InChI=1S/C13H20F3NO2/c1-9(18)17(10-7-5-4-6-8-10)11(19)12(2,3)13(14,15)16/h10H,4-8H2,1-3H3. The van der Waals surface area contributed by atoms with Gasteiger partial charge in [-0.25, -0.2) is 0 Å². The van der Waals surface area contributed by atoms with Crippen LogP contribution in [0.4, 0.5) is 13.2 Å². The molecule has 1 aliphatic rings. The molecule has 1 fully saturated rings. The zero-order valence-electron chi connectivity index (χ0n) is 11.5. The van der Waals surface area contributed by atoms with Crippen molar-refractivity contribution in [3.05, 3.63) is 0 Å². The van der Waals surface area contributed by atoms with Crippen molar-refractivity contribution in [1.82, 2.24) is 4.90 Å². The Balaban J connectivity index is 2.99. The van der Waals surface area contributed by atoms with Crippen molar-refractivity contribution in [2.24, 2.45) is 5.41 Å². The number of hydrogen-bond acceptors (Lipinski definition) is 2. The van der Waals surface area contributed by atoms with Crippen LogP contribution in [-0.4, -0.2) is 28.9 Å².